The van der Waals surface area contributed by atoms with Gasteiger partial charge in [0.25, 0.3) is 0 Å². The molecule has 1 aliphatic heterocycles. The van der Waals surface area contributed by atoms with Crippen molar-refractivity contribution in [3.63, 3.8) is 0 Å². The lowest BCUT2D eigenvalue weighted by Crippen LogP contribution is -2.21. The molecule has 2 rings (SSSR count). The SMILES string of the molecule is O=C1NC[C@H](c2ccc(Cl)s2)N1. The third-order valence-electron chi connectivity index (χ3n) is 1.71. The van der Waals surface area contributed by atoms with Crippen molar-refractivity contribution >= 4 is 29.0 Å². The van der Waals surface area contributed by atoms with E-state index in [0.29, 0.717) is 6.54 Å². The lowest BCUT2D eigenvalue weighted by Gasteiger charge is -2.03. The van der Waals surface area contributed by atoms with Gasteiger partial charge in [0.05, 0.1) is 10.4 Å². The lowest BCUT2D eigenvalue weighted by atomic mass is 10.2. The highest BCUT2D eigenvalue weighted by atomic mass is 35.5. The van der Waals surface area contributed by atoms with Gasteiger partial charge in [0.2, 0.25) is 0 Å². The van der Waals surface area contributed by atoms with Crippen molar-refractivity contribution in [1.82, 2.24) is 10.6 Å². The molecule has 0 spiro atoms. The second kappa shape index (κ2) is 2.95. The van der Waals surface area contributed by atoms with Gasteiger partial charge in [-0.3, -0.25) is 0 Å². The molecule has 1 fully saturated rings. The third kappa shape index (κ3) is 1.40. The summed E-state index contributed by atoms with van der Waals surface area (Å²) in [7, 11) is 0. The van der Waals surface area contributed by atoms with Crippen LogP contribution < -0.4 is 10.6 Å². The first kappa shape index (κ1) is 7.89. The molecule has 0 saturated carbocycles. The van der Waals surface area contributed by atoms with Gasteiger partial charge in [-0.2, -0.15) is 0 Å². The molecule has 0 radical (unpaired) electrons. The van der Waals surface area contributed by atoms with E-state index in [9.17, 15) is 4.79 Å². The van der Waals surface area contributed by atoms with Crippen LogP contribution in [-0.2, 0) is 0 Å². The molecule has 1 atom stereocenters. The molecule has 1 aromatic heterocycles. The summed E-state index contributed by atoms with van der Waals surface area (Å²) >= 11 is 7.26. The number of thiophene rings is 1. The van der Waals surface area contributed by atoms with Crippen LogP contribution >= 0.6 is 22.9 Å². The van der Waals surface area contributed by atoms with E-state index in [0.717, 1.165) is 9.21 Å². The van der Waals surface area contributed by atoms with E-state index < -0.39 is 0 Å². The molecular formula is C7H7ClN2OS. The normalized spacial score (nSPS) is 22.1. The van der Waals surface area contributed by atoms with Gasteiger partial charge in [0.1, 0.15) is 0 Å². The number of nitrogens with one attached hydrogen (secondary N) is 2. The maximum Gasteiger partial charge on any atom is 0.315 e. The molecule has 2 amide bonds. The predicted molar refractivity (Wildman–Crippen MR) is 48.6 cm³/mol. The van der Waals surface area contributed by atoms with Crippen molar-refractivity contribution in [2.45, 2.75) is 6.04 Å². The molecule has 1 aliphatic rings. The number of carbonyl (C=O) groups excluding carboxylic acids is 1. The Kier molecular flexibility index (Phi) is 1.94. The highest BCUT2D eigenvalue weighted by Crippen LogP contribution is 2.27. The molecule has 1 aromatic rings. The van der Waals surface area contributed by atoms with Crippen LogP contribution in [0.4, 0.5) is 4.79 Å². The van der Waals surface area contributed by atoms with Crippen molar-refractivity contribution in [2.75, 3.05) is 6.54 Å². The molecule has 0 aromatic carbocycles. The maximum absolute atomic E-state index is 10.8. The molecule has 1 saturated heterocycles. The van der Waals surface area contributed by atoms with E-state index >= 15 is 0 Å². The molecule has 2 N–H and O–H groups in total. The van der Waals surface area contributed by atoms with Gasteiger partial charge in [-0.1, -0.05) is 11.6 Å². The lowest BCUT2D eigenvalue weighted by molar-refractivity contribution is 0.247. The fraction of sp³-hybridized carbons (Fsp3) is 0.286. The standard InChI is InChI=1S/C7H7ClN2OS/c8-6-2-1-5(12-6)4-3-9-7(11)10-4/h1-2,4H,3H2,(H2,9,10,11)/t4-/m1/s1. The van der Waals surface area contributed by atoms with Gasteiger partial charge in [-0.05, 0) is 12.1 Å². The van der Waals surface area contributed by atoms with E-state index in [1.807, 2.05) is 12.1 Å². The topological polar surface area (TPSA) is 41.1 Å². The highest BCUT2D eigenvalue weighted by Gasteiger charge is 2.22. The van der Waals surface area contributed by atoms with Crippen molar-refractivity contribution in [3.8, 4) is 0 Å². The first-order valence-corrected chi connectivity index (χ1v) is 4.75. The second-order valence-electron chi connectivity index (χ2n) is 2.55. The van der Waals surface area contributed by atoms with E-state index in [1.165, 1.54) is 11.3 Å². The van der Waals surface area contributed by atoms with E-state index in [-0.39, 0.29) is 12.1 Å². The molecule has 3 nitrogen and oxygen atoms in total. The van der Waals surface area contributed by atoms with E-state index in [2.05, 4.69) is 10.6 Å². The zero-order valence-electron chi connectivity index (χ0n) is 6.13. The van der Waals surface area contributed by atoms with Gasteiger partial charge in [-0.25, -0.2) is 4.79 Å². The quantitative estimate of drug-likeness (QED) is 0.716. The minimum atomic E-state index is -0.107. The van der Waals surface area contributed by atoms with Crippen molar-refractivity contribution in [1.29, 1.82) is 0 Å². The third-order valence-corrected chi connectivity index (χ3v) is 3.05. The zero-order valence-corrected chi connectivity index (χ0v) is 7.71. The number of hydrogen-bond acceptors (Lipinski definition) is 2. The first-order valence-electron chi connectivity index (χ1n) is 3.55. The maximum atomic E-state index is 10.8. The van der Waals surface area contributed by atoms with E-state index in [4.69, 9.17) is 11.6 Å². The number of amides is 2. The van der Waals surface area contributed by atoms with Gasteiger partial charge >= 0.3 is 6.03 Å². The minimum absolute atomic E-state index is 0.0926. The minimum Gasteiger partial charge on any atom is -0.336 e. The van der Waals surface area contributed by atoms with Crippen LogP contribution in [0.3, 0.4) is 0 Å². The summed E-state index contributed by atoms with van der Waals surface area (Å²) in [6.07, 6.45) is 0. The van der Waals surface area contributed by atoms with Gasteiger partial charge in [-0.15, -0.1) is 11.3 Å². The molecule has 0 unspecified atom stereocenters. The summed E-state index contributed by atoms with van der Waals surface area (Å²) in [6, 6.07) is 3.76. The number of rotatable bonds is 1. The van der Waals surface area contributed by atoms with Crippen LogP contribution in [0.1, 0.15) is 10.9 Å². The smallest absolute Gasteiger partial charge is 0.315 e. The molecule has 2 heterocycles. The Hall–Kier alpha value is -0.740. The summed E-state index contributed by atoms with van der Waals surface area (Å²) in [4.78, 5) is 11.9. The molecule has 0 bridgehead atoms. The average molecular weight is 203 g/mol. The number of hydrogen-bond donors (Lipinski definition) is 2. The molecule has 5 heteroatoms. The number of urea groups is 1. The van der Waals surface area contributed by atoms with Gasteiger partial charge in [0, 0.05) is 11.4 Å². The predicted octanol–water partition coefficient (Wildman–Crippen LogP) is 1.76. The van der Waals surface area contributed by atoms with Gasteiger partial charge in [0.15, 0.2) is 0 Å². The van der Waals surface area contributed by atoms with E-state index in [1.54, 1.807) is 0 Å². The Morgan fingerprint density at radius 2 is 2.42 bits per heavy atom. The molecule has 0 aliphatic carbocycles. The largest absolute Gasteiger partial charge is 0.336 e. The van der Waals surface area contributed by atoms with Crippen LogP contribution in [-0.4, -0.2) is 12.6 Å². The first-order chi connectivity index (χ1) is 5.75. The van der Waals surface area contributed by atoms with Crippen LogP contribution in [0, 0.1) is 0 Å². The van der Waals surface area contributed by atoms with Crippen molar-refractivity contribution < 1.29 is 4.79 Å². The molecule has 64 valence electrons. The number of halogens is 1. The fourth-order valence-electron chi connectivity index (χ4n) is 1.14. The van der Waals surface area contributed by atoms with Crippen LogP contribution in [0.25, 0.3) is 0 Å². The van der Waals surface area contributed by atoms with Crippen LogP contribution in [0.15, 0.2) is 12.1 Å². The Morgan fingerprint density at radius 1 is 1.58 bits per heavy atom. The summed E-state index contributed by atoms with van der Waals surface area (Å²) in [5.74, 6) is 0. The summed E-state index contributed by atoms with van der Waals surface area (Å²) in [5.41, 5.74) is 0. The Balaban J connectivity index is 2.15. The summed E-state index contributed by atoms with van der Waals surface area (Å²) in [5, 5.41) is 5.48. The second-order valence-corrected chi connectivity index (χ2v) is 4.30. The zero-order chi connectivity index (χ0) is 8.55. The van der Waals surface area contributed by atoms with Crippen molar-refractivity contribution in [3.05, 3.63) is 21.3 Å². The Morgan fingerprint density at radius 3 is 2.92 bits per heavy atom. The summed E-state index contributed by atoms with van der Waals surface area (Å²) < 4.78 is 0.756. The Bertz CT molecular complexity index is 312. The van der Waals surface area contributed by atoms with Crippen LogP contribution in [0.2, 0.25) is 4.34 Å². The monoisotopic (exact) mass is 202 g/mol. The van der Waals surface area contributed by atoms with Gasteiger partial charge < -0.3 is 10.6 Å². The van der Waals surface area contributed by atoms with Crippen LogP contribution in [0.5, 0.6) is 0 Å². The number of carbonyl (C=O) groups is 1. The van der Waals surface area contributed by atoms with Crippen molar-refractivity contribution in [2.24, 2.45) is 0 Å². The Labute approximate surface area is 78.7 Å². The molecular weight excluding hydrogens is 196 g/mol. The highest BCUT2D eigenvalue weighted by molar-refractivity contribution is 7.16. The fourth-order valence-corrected chi connectivity index (χ4v) is 2.25. The summed E-state index contributed by atoms with van der Waals surface area (Å²) in [6.45, 7) is 0.648. The average Bonchev–Trinajstić information content (AvgIpc) is 2.58. The molecule has 12 heavy (non-hydrogen) atoms.